The molecule has 0 saturated heterocycles. The predicted octanol–water partition coefficient (Wildman–Crippen LogP) is 14.4. The van der Waals surface area contributed by atoms with Crippen LogP contribution >= 0.6 is 17.0 Å². The molecule has 0 bridgehead atoms. The molecule has 0 saturated carbocycles. The fourth-order valence-electron chi connectivity index (χ4n) is 8.71. The van der Waals surface area contributed by atoms with Crippen molar-refractivity contribution in [1.82, 2.24) is 0 Å². The van der Waals surface area contributed by atoms with Crippen molar-refractivity contribution in [2.75, 3.05) is 0 Å². The quantitative estimate of drug-likeness (QED) is 0.105. The van der Waals surface area contributed by atoms with E-state index in [1.54, 1.807) is 10.4 Å². The summed E-state index contributed by atoms with van der Waals surface area (Å²) in [6, 6.07) is 59.2. The van der Waals surface area contributed by atoms with E-state index in [-0.39, 0.29) is 0 Å². The summed E-state index contributed by atoms with van der Waals surface area (Å²) in [5.74, 6) is 1.40. The van der Waals surface area contributed by atoms with Crippen LogP contribution in [0.3, 0.4) is 0 Å². The normalized spacial score (nSPS) is 11.9. The van der Waals surface area contributed by atoms with E-state index < -0.39 is 37.0 Å². The molecule has 8 aromatic rings. The van der Waals surface area contributed by atoms with E-state index in [1.165, 1.54) is 76.4 Å². The van der Waals surface area contributed by atoms with E-state index in [9.17, 15) is 0 Å². The van der Waals surface area contributed by atoms with Gasteiger partial charge < -0.3 is 0 Å². The van der Waals surface area contributed by atoms with Crippen molar-refractivity contribution in [3.63, 3.8) is 0 Å². The Morgan fingerprint density at radius 3 is 1.37 bits per heavy atom. The number of fused-ring (bicyclic) bond motifs is 5. The van der Waals surface area contributed by atoms with Crippen molar-refractivity contribution < 1.29 is 20.8 Å². The monoisotopic (exact) mass is 977 g/mol. The molecule has 1 aliphatic rings. The molecule has 9 rings (SSSR count). The summed E-state index contributed by atoms with van der Waals surface area (Å²) < 4.78 is 0. The number of halogens is 2. The summed E-state index contributed by atoms with van der Waals surface area (Å²) in [7, 11) is 7.93. The minimum Gasteiger partial charge on any atom is -0.184 e. The first kappa shape index (κ1) is 48.1. The minimum absolute atomic E-state index is 0.699. The van der Waals surface area contributed by atoms with Gasteiger partial charge in [0.1, 0.15) is 0 Å². The Kier molecular flexibility index (Phi) is 16.7. The van der Waals surface area contributed by atoms with Gasteiger partial charge in [-0.15, -0.1) is 74.6 Å². The smallest absolute Gasteiger partial charge is 0.0920 e. The van der Waals surface area contributed by atoms with Crippen LogP contribution in [0.25, 0.3) is 54.9 Å². The third kappa shape index (κ3) is 12.1. The molecule has 0 nitrogen and oxygen atoms in total. The molecule has 1 heterocycles. The minimum atomic E-state index is -1.37. The van der Waals surface area contributed by atoms with Gasteiger partial charge in [0.2, 0.25) is 0 Å². The van der Waals surface area contributed by atoms with Crippen LogP contribution in [0.15, 0.2) is 152 Å². The van der Waals surface area contributed by atoms with E-state index in [0.29, 0.717) is 11.8 Å². The number of rotatable bonds is 8. The molecule has 0 fully saturated rings. The van der Waals surface area contributed by atoms with E-state index in [1.807, 2.05) is 6.07 Å². The summed E-state index contributed by atoms with van der Waals surface area (Å²) in [5.41, 5.74) is 11.4. The summed E-state index contributed by atoms with van der Waals surface area (Å²) in [6.07, 6.45) is 2.31. The van der Waals surface area contributed by atoms with Crippen molar-refractivity contribution in [3.05, 3.63) is 169 Å². The number of hydrogen-bond donors (Lipinski definition) is 0. The Morgan fingerprint density at radius 1 is 0.516 bits per heavy atom. The van der Waals surface area contributed by atoms with E-state index in [0.717, 1.165) is 22.4 Å². The second-order valence-corrected chi connectivity index (χ2v) is 34.4. The predicted molar refractivity (Wildman–Crippen MR) is 280 cm³/mol. The second-order valence-electron chi connectivity index (χ2n) is 19.3. The molecule has 0 N–H and O–H groups in total. The average Bonchev–Trinajstić information content (AvgIpc) is 3.95. The zero-order chi connectivity index (χ0) is 44.6. The fourth-order valence-corrected chi connectivity index (χ4v) is 13.3. The molecule has 8 aromatic carbocycles. The van der Waals surface area contributed by atoms with Crippen LogP contribution in [0.4, 0.5) is 0 Å². The van der Waals surface area contributed by atoms with Gasteiger partial charge >= 0.3 is 37.9 Å². The maximum atomic E-state index is 4.93. The van der Waals surface area contributed by atoms with Crippen molar-refractivity contribution in [2.24, 2.45) is 11.8 Å². The summed E-state index contributed by atoms with van der Waals surface area (Å²) >= 11 is -0.826. The zero-order valence-electron chi connectivity index (χ0n) is 38.3. The van der Waals surface area contributed by atoms with Gasteiger partial charge in [-0.2, -0.15) is 41.6 Å². The second kappa shape index (κ2) is 21.6. The first-order valence-corrected chi connectivity index (χ1v) is 36.3. The average molecular weight is 980 g/mol. The van der Waals surface area contributed by atoms with Crippen LogP contribution in [0, 0.1) is 17.9 Å². The first-order chi connectivity index (χ1) is 29.6. The van der Waals surface area contributed by atoms with Crippen molar-refractivity contribution in [3.8, 4) is 33.4 Å². The van der Waals surface area contributed by atoms with Crippen molar-refractivity contribution in [1.29, 1.82) is 0 Å². The molecule has 0 amide bonds. The van der Waals surface area contributed by atoms with E-state index in [4.69, 9.17) is 17.0 Å². The van der Waals surface area contributed by atoms with Gasteiger partial charge in [-0.1, -0.05) is 184 Å². The third-order valence-electron chi connectivity index (χ3n) is 11.3. The first-order valence-electron chi connectivity index (χ1n) is 22.0. The summed E-state index contributed by atoms with van der Waals surface area (Å²) in [5, 5.41) is 11.5. The molecule has 1 aliphatic heterocycles. The summed E-state index contributed by atoms with van der Waals surface area (Å²) in [6.45, 7) is 23.8. The molecule has 0 aromatic heterocycles. The van der Waals surface area contributed by atoms with Gasteiger partial charge in [0.15, 0.2) is 0 Å². The molecular formula is C56H61Cl2Si3Zr-3. The molecular weight excluding hydrogens is 919 g/mol. The molecule has 0 atom stereocenters. The van der Waals surface area contributed by atoms with Gasteiger partial charge in [0, 0.05) is 0 Å². The van der Waals surface area contributed by atoms with Crippen LogP contribution in [0.2, 0.25) is 39.3 Å². The molecule has 6 heteroatoms. The Morgan fingerprint density at radius 2 is 0.919 bits per heavy atom. The maximum absolute atomic E-state index is 4.93. The van der Waals surface area contributed by atoms with Crippen molar-refractivity contribution >= 4 is 85.0 Å². The van der Waals surface area contributed by atoms with Crippen LogP contribution in [0.1, 0.15) is 38.8 Å². The molecule has 62 heavy (non-hydrogen) atoms. The zero-order valence-corrected chi connectivity index (χ0v) is 45.2. The van der Waals surface area contributed by atoms with Gasteiger partial charge in [0.05, 0.1) is 25.7 Å². The molecule has 2 radical (unpaired) electrons. The van der Waals surface area contributed by atoms with Crippen LogP contribution in [0.5, 0.6) is 0 Å². The van der Waals surface area contributed by atoms with Gasteiger partial charge in [-0.25, -0.2) is 0 Å². The maximum Gasteiger partial charge on any atom is 0.0920 e. The standard InChI is InChI=1S/2C22H27Si.C12H7Si.2ClH.Zr/c2*1-16(2)13-17-14-18-9-8-11-19(21(18)15-17)20-10-6-7-12-22(20)23(3,4)5;1-3-7-11-9(5-1)10-6-2-4-8-12(10)13-11;;;/h2*6-12,14-16H,13H2,1-5H3;1-7H;2*1H;/q3*-1;;;+2/p-2. The molecule has 0 aliphatic carbocycles. The molecule has 318 valence electrons. The van der Waals surface area contributed by atoms with Gasteiger partial charge in [-0.05, 0) is 35.8 Å². The van der Waals surface area contributed by atoms with Crippen LogP contribution in [-0.2, 0) is 33.7 Å². The Hall–Kier alpha value is -3.35. The van der Waals surface area contributed by atoms with Gasteiger partial charge in [0.25, 0.3) is 0 Å². The largest absolute Gasteiger partial charge is 0.184 e. The van der Waals surface area contributed by atoms with E-state index >= 15 is 0 Å². The number of hydrogen-bond acceptors (Lipinski definition) is 0. The molecule has 0 spiro atoms. The van der Waals surface area contributed by atoms with Crippen LogP contribution in [-0.4, -0.2) is 25.7 Å². The van der Waals surface area contributed by atoms with Crippen LogP contribution < -0.4 is 20.7 Å². The Labute approximate surface area is 396 Å². The molecule has 0 unspecified atom stereocenters. The number of benzene rings is 6. The Bertz CT molecular complexity index is 2520. The third-order valence-corrected chi connectivity index (χ3v) is 16.8. The van der Waals surface area contributed by atoms with Gasteiger partial charge in [-0.3, -0.25) is 0 Å². The van der Waals surface area contributed by atoms with Crippen molar-refractivity contribution in [2.45, 2.75) is 79.8 Å². The SMILES string of the molecule is CC(C)Cc1cc2c(-c3ccccc3[Si](C)(C)C)cccc2[cH-]1.CC(C)Cc1cc2c(-c3ccccc3[Si](C)(C)C)cccc2[cH-]1.[Cl][Zr][Cl].[c-]1cccc2c1[Si]c1ccccc1-2. The Balaban J connectivity index is 0.000000155. The topological polar surface area (TPSA) is 0 Å². The summed E-state index contributed by atoms with van der Waals surface area (Å²) in [4.78, 5) is 0. The fraction of sp³-hybridized carbons (Fsp3) is 0.250. The van der Waals surface area contributed by atoms with E-state index in [2.05, 4.69) is 219 Å².